The fraction of sp³-hybridized carbons (Fsp3) is 0.421. The van der Waals surface area contributed by atoms with Gasteiger partial charge in [0.15, 0.2) is 0 Å². The molecule has 1 aromatic heterocycles. The van der Waals surface area contributed by atoms with Crippen LogP contribution in [-0.2, 0) is 13.0 Å². The van der Waals surface area contributed by atoms with Crippen LogP contribution in [0.1, 0.15) is 16.9 Å². The van der Waals surface area contributed by atoms with Crippen LogP contribution in [0.5, 0.6) is 0 Å². The minimum absolute atomic E-state index is 0.0390. The number of nitrogens with zero attached hydrogens (tertiary/aromatic N) is 2. The first-order chi connectivity index (χ1) is 12.2. The summed E-state index contributed by atoms with van der Waals surface area (Å²) in [6.07, 6.45) is 2.01. The predicted molar refractivity (Wildman–Crippen MR) is 98.6 cm³/mol. The number of hydrogen-bond donors (Lipinski definition) is 1. The normalized spacial score (nSPS) is 19.8. The topological polar surface area (TPSA) is 35.6 Å². The number of benzene rings is 1. The van der Waals surface area contributed by atoms with Crippen molar-refractivity contribution in [1.82, 2.24) is 10.2 Å². The molecule has 6 heteroatoms. The Morgan fingerprint density at radius 3 is 2.92 bits per heavy atom. The van der Waals surface area contributed by atoms with Crippen molar-refractivity contribution in [3.63, 3.8) is 0 Å². The first-order valence-electron chi connectivity index (χ1n) is 8.77. The van der Waals surface area contributed by atoms with Crippen molar-refractivity contribution in [3.8, 4) is 0 Å². The minimum Gasteiger partial charge on any atom is -0.371 e. The molecule has 1 N–H and O–H groups in total. The van der Waals surface area contributed by atoms with Gasteiger partial charge in [0.2, 0.25) is 0 Å². The maximum atomic E-state index is 13.0. The highest BCUT2D eigenvalue weighted by molar-refractivity contribution is 7.10. The second-order valence-corrected chi connectivity index (χ2v) is 7.80. The first-order valence-corrected chi connectivity index (χ1v) is 9.65. The van der Waals surface area contributed by atoms with Crippen LogP contribution in [0.3, 0.4) is 0 Å². The van der Waals surface area contributed by atoms with E-state index in [1.54, 1.807) is 11.3 Å². The quantitative estimate of drug-likeness (QED) is 0.911. The van der Waals surface area contributed by atoms with Crippen LogP contribution in [0.4, 0.5) is 14.9 Å². The smallest absolute Gasteiger partial charge is 0.317 e. The van der Waals surface area contributed by atoms with Gasteiger partial charge in [-0.25, -0.2) is 9.18 Å². The Bertz CT molecular complexity index is 745. The highest BCUT2D eigenvalue weighted by atomic mass is 32.1. The lowest BCUT2D eigenvalue weighted by Crippen LogP contribution is -2.44. The van der Waals surface area contributed by atoms with Crippen molar-refractivity contribution in [2.45, 2.75) is 19.4 Å². The summed E-state index contributed by atoms with van der Waals surface area (Å²) in [6.45, 7) is 4.07. The molecule has 132 valence electrons. The Morgan fingerprint density at radius 2 is 2.08 bits per heavy atom. The molecule has 25 heavy (non-hydrogen) atoms. The molecule has 2 aliphatic rings. The zero-order valence-corrected chi connectivity index (χ0v) is 14.9. The van der Waals surface area contributed by atoms with E-state index in [0.29, 0.717) is 12.5 Å². The monoisotopic (exact) mass is 359 g/mol. The molecule has 2 aliphatic heterocycles. The number of halogens is 1. The predicted octanol–water partition coefficient (Wildman–Crippen LogP) is 3.48. The Hall–Kier alpha value is -2.08. The zero-order valence-electron chi connectivity index (χ0n) is 14.1. The molecule has 1 atom stereocenters. The summed E-state index contributed by atoms with van der Waals surface area (Å²) in [5.74, 6) is 0.234. The molecular formula is C19H22FN3OS. The summed E-state index contributed by atoms with van der Waals surface area (Å²) in [5.41, 5.74) is 2.34. The lowest BCUT2D eigenvalue weighted by Gasteiger charge is -2.27. The Morgan fingerprint density at radius 1 is 1.24 bits per heavy atom. The number of amides is 2. The van der Waals surface area contributed by atoms with E-state index in [0.717, 1.165) is 44.7 Å². The maximum absolute atomic E-state index is 13.0. The lowest BCUT2D eigenvalue weighted by atomic mass is 10.1. The third kappa shape index (κ3) is 3.63. The molecule has 3 heterocycles. The Kier molecular flexibility index (Phi) is 4.61. The summed E-state index contributed by atoms with van der Waals surface area (Å²) in [4.78, 5) is 18.0. The van der Waals surface area contributed by atoms with Crippen LogP contribution in [0.25, 0.3) is 0 Å². The molecule has 1 saturated heterocycles. The zero-order chi connectivity index (χ0) is 17.2. The van der Waals surface area contributed by atoms with Crippen molar-refractivity contribution in [2.24, 2.45) is 5.92 Å². The number of rotatable bonds is 3. The average Bonchev–Trinajstić information content (AvgIpc) is 3.29. The van der Waals surface area contributed by atoms with Crippen molar-refractivity contribution < 1.29 is 9.18 Å². The van der Waals surface area contributed by atoms with Gasteiger partial charge in [0, 0.05) is 43.3 Å². The van der Waals surface area contributed by atoms with E-state index < -0.39 is 0 Å². The lowest BCUT2D eigenvalue weighted by molar-refractivity contribution is 0.191. The van der Waals surface area contributed by atoms with Crippen LogP contribution in [0, 0.1) is 11.7 Å². The van der Waals surface area contributed by atoms with Crippen molar-refractivity contribution in [1.29, 1.82) is 0 Å². The van der Waals surface area contributed by atoms with E-state index in [2.05, 4.69) is 21.7 Å². The summed E-state index contributed by atoms with van der Waals surface area (Å²) in [5, 5.41) is 5.21. The van der Waals surface area contributed by atoms with Crippen LogP contribution in [0.2, 0.25) is 0 Å². The summed E-state index contributed by atoms with van der Waals surface area (Å²) in [6, 6.07) is 8.80. The van der Waals surface area contributed by atoms with Crippen LogP contribution in [-0.4, -0.2) is 37.1 Å². The summed E-state index contributed by atoms with van der Waals surface area (Å²) < 4.78 is 13.0. The standard InChI is InChI=1S/C19H22FN3OS/c20-16-1-3-17(4-2-16)22-8-5-14(12-22)11-21-19(24)23-9-6-18-15(13-23)7-10-25-18/h1-4,7,10,14H,5-6,8-9,11-13H2,(H,21,24)/t14-/m0/s1. The van der Waals surface area contributed by atoms with Gasteiger partial charge in [-0.05, 0) is 60.0 Å². The number of anilines is 1. The molecule has 4 rings (SSSR count). The molecule has 0 unspecified atom stereocenters. The fourth-order valence-corrected chi connectivity index (χ4v) is 4.54. The molecule has 4 nitrogen and oxygen atoms in total. The molecule has 0 spiro atoms. The van der Waals surface area contributed by atoms with Crippen molar-refractivity contribution in [3.05, 3.63) is 52.0 Å². The van der Waals surface area contributed by atoms with Crippen LogP contribution >= 0.6 is 11.3 Å². The fourth-order valence-electron chi connectivity index (χ4n) is 3.65. The molecule has 0 radical (unpaired) electrons. The Balaban J connectivity index is 1.26. The highest BCUT2D eigenvalue weighted by Gasteiger charge is 2.25. The molecule has 2 aromatic rings. The maximum Gasteiger partial charge on any atom is 0.317 e. The third-order valence-electron chi connectivity index (χ3n) is 5.11. The van der Waals surface area contributed by atoms with Crippen LogP contribution < -0.4 is 10.2 Å². The minimum atomic E-state index is -0.206. The summed E-state index contributed by atoms with van der Waals surface area (Å²) >= 11 is 1.78. The van der Waals surface area contributed by atoms with Gasteiger partial charge in [-0.3, -0.25) is 0 Å². The molecule has 2 amide bonds. The first kappa shape index (κ1) is 16.4. The van der Waals surface area contributed by atoms with E-state index in [1.807, 2.05) is 17.0 Å². The van der Waals surface area contributed by atoms with E-state index in [-0.39, 0.29) is 11.8 Å². The van der Waals surface area contributed by atoms with E-state index in [1.165, 1.54) is 22.6 Å². The van der Waals surface area contributed by atoms with E-state index >= 15 is 0 Å². The molecule has 0 saturated carbocycles. The van der Waals surface area contributed by atoms with Gasteiger partial charge in [-0.1, -0.05) is 0 Å². The van der Waals surface area contributed by atoms with Gasteiger partial charge >= 0.3 is 6.03 Å². The highest BCUT2D eigenvalue weighted by Crippen LogP contribution is 2.25. The van der Waals surface area contributed by atoms with Gasteiger partial charge in [0.05, 0.1) is 0 Å². The second-order valence-electron chi connectivity index (χ2n) is 6.80. The SMILES string of the molecule is O=C(NC[C@@H]1CCN(c2ccc(F)cc2)C1)N1CCc2sccc2C1. The third-order valence-corrected chi connectivity index (χ3v) is 6.14. The van der Waals surface area contributed by atoms with Gasteiger partial charge in [0.1, 0.15) is 5.82 Å². The molecular weight excluding hydrogens is 337 g/mol. The van der Waals surface area contributed by atoms with Crippen LogP contribution in [0.15, 0.2) is 35.7 Å². The number of carbonyl (C=O) groups is 1. The number of hydrogen-bond acceptors (Lipinski definition) is 3. The van der Waals surface area contributed by atoms with Gasteiger partial charge in [-0.15, -0.1) is 11.3 Å². The van der Waals surface area contributed by atoms with Crippen molar-refractivity contribution >= 4 is 23.1 Å². The van der Waals surface area contributed by atoms with E-state index in [9.17, 15) is 9.18 Å². The Labute approximate surface area is 151 Å². The molecule has 1 fully saturated rings. The number of urea groups is 1. The summed E-state index contributed by atoms with van der Waals surface area (Å²) in [7, 11) is 0. The van der Waals surface area contributed by atoms with Crippen molar-refractivity contribution in [2.75, 3.05) is 31.1 Å². The molecule has 0 aliphatic carbocycles. The number of fused-ring (bicyclic) bond motifs is 1. The number of nitrogens with one attached hydrogen (secondary N) is 1. The van der Waals surface area contributed by atoms with Gasteiger partial charge < -0.3 is 15.1 Å². The van der Waals surface area contributed by atoms with Gasteiger partial charge in [-0.2, -0.15) is 0 Å². The second kappa shape index (κ2) is 7.04. The number of thiophene rings is 1. The number of carbonyl (C=O) groups excluding carboxylic acids is 1. The molecule has 0 bridgehead atoms. The largest absolute Gasteiger partial charge is 0.371 e. The average molecular weight is 359 g/mol. The van der Waals surface area contributed by atoms with Gasteiger partial charge in [0.25, 0.3) is 0 Å². The molecule has 1 aromatic carbocycles. The van der Waals surface area contributed by atoms with E-state index in [4.69, 9.17) is 0 Å².